The monoisotopic (exact) mass is 711 g/mol. The van der Waals surface area contributed by atoms with Crippen LogP contribution < -0.4 is 9.46 Å². The second-order valence-corrected chi connectivity index (χ2v) is 16.9. The summed E-state index contributed by atoms with van der Waals surface area (Å²) in [4.78, 5) is 48.4. The largest absolute Gasteiger partial charge is 0.465 e. The van der Waals surface area contributed by atoms with Crippen LogP contribution in [-0.2, 0) is 30.8 Å². The molecular weight excluding hydrogens is 673 g/mol. The summed E-state index contributed by atoms with van der Waals surface area (Å²) in [6, 6.07) is 9.52. The fourth-order valence-corrected chi connectivity index (χ4v) is 9.63. The summed E-state index contributed by atoms with van der Waals surface area (Å²) in [5, 5.41) is -0.300. The van der Waals surface area contributed by atoms with Crippen molar-refractivity contribution in [3.63, 3.8) is 0 Å². The zero-order valence-electron chi connectivity index (χ0n) is 27.0. The fraction of sp³-hybridized carbons (Fsp3) is 0.500. The Kier molecular flexibility index (Phi) is 9.33. The van der Waals surface area contributed by atoms with Crippen molar-refractivity contribution in [2.75, 3.05) is 6.54 Å². The maximum atomic E-state index is 14.4. The number of nitrogens with zero attached hydrogens (tertiary/aromatic N) is 2. The Morgan fingerprint density at radius 1 is 1.06 bits per heavy atom. The van der Waals surface area contributed by atoms with Gasteiger partial charge in [0.05, 0.1) is 33.5 Å². The Hall–Kier alpha value is -3.71. The number of benzene rings is 2. The molecule has 3 heterocycles. The number of hydrogen-bond acceptors (Lipinski definition) is 8. The number of Topliss-reactive ketones (excluding diaryl/α,β-unsaturated/α-hetero) is 1. The lowest BCUT2D eigenvalue weighted by Gasteiger charge is -2.29. The van der Waals surface area contributed by atoms with Gasteiger partial charge in [-0.3, -0.25) is 19.1 Å². The molecule has 0 bridgehead atoms. The molecule has 13 heteroatoms. The predicted octanol–water partition coefficient (Wildman–Crippen LogP) is 5.88. The van der Waals surface area contributed by atoms with Gasteiger partial charge in [-0.2, -0.15) is 0 Å². The topological polar surface area (TPSA) is 123 Å². The second kappa shape index (κ2) is 13.5. The van der Waals surface area contributed by atoms with Gasteiger partial charge in [-0.15, -0.1) is 0 Å². The second-order valence-electron chi connectivity index (χ2n) is 14.0. The molecule has 0 radical (unpaired) electrons. The number of ketones is 1. The van der Waals surface area contributed by atoms with Gasteiger partial charge in [0.15, 0.2) is 5.78 Å². The van der Waals surface area contributed by atoms with Crippen LogP contribution in [0.15, 0.2) is 54.6 Å². The van der Waals surface area contributed by atoms with E-state index in [1.807, 2.05) is 12.2 Å². The predicted molar refractivity (Wildman–Crippen MR) is 180 cm³/mol. The zero-order valence-corrected chi connectivity index (χ0v) is 28.6. The first-order valence-corrected chi connectivity index (χ1v) is 19.4. The number of halogens is 2. The molecule has 5 atom stereocenters. The smallest absolute Gasteiger partial charge is 0.274 e. The first kappa shape index (κ1) is 33.8. The highest BCUT2D eigenvalue weighted by atomic mass is 32.2. The van der Waals surface area contributed by atoms with Gasteiger partial charge in [0.25, 0.3) is 5.19 Å². The molecule has 4 aliphatic rings. The van der Waals surface area contributed by atoms with Crippen molar-refractivity contribution in [3.8, 4) is 5.19 Å². The minimum Gasteiger partial charge on any atom is -0.465 e. The van der Waals surface area contributed by atoms with E-state index in [4.69, 9.17) is 4.74 Å². The van der Waals surface area contributed by atoms with Crippen LogP contribution in [0.25, 0.3) is 10.2 Å². The lowest BCUT2D eigenvalue weighted by atomic mass is 9.90. The van der Waals surface area contributed by atoms with E-state index < -0.39 is 56.3 Å². The van der Waals surface area contributed by atoms with Gasteiger partial charge in [-0.25, -0.2) is 22.2 Å². The average Bonchev–Trinajstić information content (AvgIpc) is 3.95. The van der Waals surface area contributed by atoms with Crippen molar-refractivity contribution in [1.82, 2.24) is 14.6 Å². The molecule has 2 amide bonds. The highest BCUT2D eigenvalue weighted by molar-refractivity contribution is 7.90. The average molecular weight is 712 g/mol. The molecule has 260 valence electrons. The SMILES string of the molecule is O=C1C[C@]2(C(=O)NS(=O)(=O)C3CC3)C[C@@H]2/C=C\CCCCC[C@H](Cc2cccc(F)c2)C(=O)N2C[C@H](Oc3nc4ccc(F)cc4s3)C[C@@H]12. The molecule has 3 fully saturated rings. The number of fused-ring (bicyclic) bond motifs is 3. The molecule has 2 aromatic carbocycles. The molecule has 1 saturated heterocycles. The summed E-state index contributed by atoms with van der Waals surface area (Å²) < 4.78 is 62.7. The summed E-state index contributed by atoms with van der Waals surface area (Å²) in [6.07, 6.45) is 8.72. The van der Waals surface area contributed by atoms with Crippen LogP contribution in [0.3, 0.4) is 0 Å². The van der Waals surface area contributed by atoms with Crippen LogP contribution in [0.2, 0.25) is 0 Å². The first-order valence-electron chi connectivity index (χ1n) is 17.0. The quantitative estimate of drug-likeness (QED) is 0.304. The van der Waals surface area contributed by atoms with Gasteiger partial charge >= 0.3 is 0 Å². The van der Waals surface area contributed by atoms with Crippen LogP contribution in [0.4, 0.5) is 8.78 Å². The molecule has 2 aliphatic heterocycles. The number of aromatic nitrogens is 1. The molecule has 9 nitrogen and oxygen atoms in total. The molecule has 3 aromatic rings. The Labute approximate surface area is 288 Å². The van der Waals surface area contributed by atoms with Crippen molar-refractivity contribution in [1.29, 1.82) is 0 Å². The van der Waals surface area contributed by atoms with Crippen LogP contribution in [0.1, 0.15) is 69.8 Å². The highest BCUT2D eigenvalue weighted by Gasteiger charge is 2.61. The van der Waals surface area contributed by atoms with Crippen molar-refractivity contribution < 1.29 is 36.3 Å². The lowest BCUT2D eigenvalue weighted by Crippen LogP contribution is -2.46. The molecule has 0 spiro atoms. The van der Waals surface area contributed by atoms with E-state index in [1.54, 1.807) is 23.1 Å². The Morgan fingerprint density at radius 2 is 1.88 bits per heavy atom. The molecule has 2 saturated carbocycles. The van der Waals surface area contributed by atoms with Gasteiger partial charge in [-0.1, -0.05) is 48.5 Å². The van der Waals surface area contributed by atoms with Gasteiger partial charge in [-0.05, 0) is 86.8 Å². The molecular formula is C36H39F2N3O6S2. The standard InChI is InChI=1S/C36H39F2N3O6S2/c37-25-10-6-7-22(16-25)15-23-8-4-2-1-3-5-9-24-19-36(24,34(44)40-49(45,46)28-12-13-28)20-31(42)30-18-27(21-41(30)33(23)43)47-35-39-29-14-11-26(38)17-32(29)48-35/h5-7,9-11,14,16-17,23-24,27-28,30H,1-4,8,12-13,15,18-21H2,(H,40,44)/b9-5-/t23-,24+,27-,30+,36-/m1/s1. The van der Waals surface area contributed by atoms with Crippen molar-refractivity contribution in [2.24, 2.45) is 17.3 Å². The van der Waals surface area contributed by atoms with E-state index in [-0.39, 0.29) is 42.2 Å². The minimum absolute atomic E-state index is 0.0950. The Bertz CT molecular complexity index is 1910. The number of amides is 2. The summed E-state index contributed by atoms with van der Waals surface area (Å²) in [7, 11) is -3.83. The number of sulfonamides is 1. The van der Waals surface area contributed by atoms with Gasteiger partial charge in [0.1, 0.15) is 17.7 Å². The summed E-state index contributed by atoms with van der Waals surface area (Å²) in [5.41, 5.74) is 0.0316. The van der Waals surface area contributed by atoms with E-state index in [9.17, 15) is 31.6 Å². The molecule has 49 heavy (non-hydrogen) atoms. The number of rotatable bonds is 7. The summed E-state index contributed by atoms with van der Waals surface area (Å²) in [6.45, 7) is 0.0950. The van der Waals surface area contributed by atoms with E-state index in [2.05, 4.69) is 9.71 Å². The zero-order chi connectivity index (χ0) is 34.3. The first-order chi connectivity index (χ1) is 23.5. The number of carbonyl (C=O) groups is 3. The number of ether oxygens (including phenoxy) is 1. The van der Waals surface area contributed by atoms with E-state index >= 15 is 0 Å². The van der Waals surface area contributed by atoms with E-state index in [0.717, 1.165) is 25.7 Å². The van der Waals surface area contributed by atoms with Gasteiger partial charge in [0.2, 0.25) is 21.8 Å². The normalized spacial score (nSPS) is 28.7. The number of carbonyl (C=O) groups excluding carboxylic acids is 3. The van der Waals surface area contributed by atoms with Crippen molar-refractivity contribution in [2.45, 2.75) is 88.0 Å². The minimum atomic E-state index is -3.83. The molecule has 0 unspecified atom stereocenters. The lowest BCUT2D eigenvalue weighted by molar-refractivity contribution is -0.142. The summed E-state index contributed by atoms with van der Waals surface area (Å²) in [5.74, 6) is -2.84. The van der Waals surface area contributed by atoms with Gasteiger partial charge in [0, 0.05) is 18.8 Å². The molecule has 1 N–H and O–H groups in total. The van der Waals surface area contributed by atoms with Crippen LogP contribution >= 0.6 is 11.3 Å². The Balaban J connectivity index is 1.18. The van der Waals surface area contributed by atoms with Crippen LogP contribution in [-0.4, -0.2) is 59.8 Å². The fourth-order valence-electron chi connectivity index (χ4n) is 7.34. The maximum Gasteiger partial charge on any atom is 0.274 e. The molecule has 2 aliphatic carbocycles. The van der Waals surface area contributed by atoms with Crippen molar-refractivity contribution in [3.05, 3.63) is 71.8 Å². The Morgan fingerprint density at radius 3 is 2.67 bits per heavy atom. The molecule has 7 rings (SSSR count). The highest BCUT2D eigenvalue weighted by Crippen LogP contribution is 2.57. The molecule has 1 aromatic heterocycles. The number of hydrogen-bond donors (Lipinski definition) is 1. The number of thiazole rings is 1. The van der Waals surface area contributed by atoms with Gasteiger partial charge < -0.3 is 9.64 Å². The van der Waals surface area contributed by atoms with Crippen molar-refractivity contribution >= 4 is 49.2 Å². The van der Waals surface area contributed by atoms with E-state index in [0.29, 0.717) is 47.9 Å². The number of nitrogens with one attached hydrogen (secondary N) is 1. The third kappa shape index (κ3) is 7.42. The summed E-state index contributed by atoms with van der Waals surface area (Å²) >= 11 is 1.17. The van der Waals surface area contributed by atoms with E-state index in [1.165, 1.54) is 35.6 Å². The van der Waals surface area contributed by atoms with Crippen LogP contribution in [0, 0.1) is 28.9 Å². The van der Waals surface area contributed by atoms with Crippen LogP contribution in [0.5, 0.6) is 5.19 Å². The third-order valence-corrected chi connectivity index (χ3v) is 13.0. The third-order valence-electron chi connectivity index (χ3n) is 10.3. The maximum absolute atomic E-state index is 14.4. The number of allylic oxidation sites excluding steroid dienone is 2.